The summed E-state index contributed by atoms with van der Waals surface area (Å²) in [6.45, 7) is 3.33. The first kappa shape index (κ1) is 16.7. The molecule has 0 radical (unpaired) electrons. The van der Waals surface area contributed by atoms with E-state index in [0.29, 0.717) is 18.8 Å². The molecule has 0 bridgehead atoms. The highest BCUT2D eigenvalue weighted by molar-refractivity contribution is 5.94. The third-order valence-corrected chi connectivity index (χ3v) is 4.73. The van der Waals surface area contributed by atoms with Gasteiger partial charge in [0.05, 0.1) is 6.54 Å². The number of hydrogen-bond donors (Lipinski definition) is 1. The number of carbonyl (C=O) groups is 2. The van der Waals surface area contributed by atoms with Gasteiger partial charge in [-0.1, -0.05) is 12.1 Å². The van der Waals surface area contributed by atoms with Crippen molar-refractivity contribution in [2.75, 3.05) is 25.0 Å². The van der Waals surface area contributed by atoms with Gasteiger partial charge in [-0.3, -0.25) is 4.79 Å². The van der Waals surface area contributed by atoms with Crippen LogP contribution in [0, 0.1) is 6.92 Å². The second-order valence-corrected chi connectivity index (χ2v) is 6.69. The highest BCUT2D eigenvalue weighted by atomic mass is 19.1. The Bertz CT molecular complexity index is 616. The zero-order chi connectivity index (χ0) is 17.1. The Morgan fingerprint density at radius 2 is 1.96 bits per heavy atom. The number of rotatable bonds is 2. The van der Waals surface area contributed by atoms with Gasteiger partial charge in [0.15, 0.2) is 0 Å². The van der Waals surface area contributed by atoms with E-state index < -0.39 is 18.2 Å². The van der Waals surface area contributed by atoms with Crippen LogP contribution in [0.5, 0.6) is 0 Å². The fraction of sp³-hybridized carbons (Fsp3) is 0.556. The van der Waals surface area contributed by atoms with Crippen molar-refractivity contribution < 1.29 is 14.0 Å². The van der Waals surface area contributed by atoms with Gasteiger partial charge in [0.2, 0.25) is 5.91 Å². The molecule has 2 aliphatic heterocycles. The minimum Gasteiger partial charge on any atom is -0.341 e. The maximum Gasteiger partial charge on any atom is 0.322 e. The predicted molar refractivity (Wildman–Crippen MR) is 90.6 cm³/mol. The van der Waals surface area contributed by atoms with E-state index in [-0.39, 0.29) is 18.9 Å². The van der Waals surface area contributed by atoms with E-state index in [4.69, 9.17) is 0 Å². The van der Waals surface area contributed by atoms with Crippen molar-refractivity contribution >= 4 is 17.6 Å². The van der Waals surface area contributed by atoms with E-state index in [9.17, 15) is 14.0 Å². The lowest BCUT2D eigenvalue weighted by molar-refractivity contribution is -0.136. The van der Waals surface area contributed by atoms with Gasteiger partial charge in [-0.2, -0.15) is 0 Å². The Balaban J connectivity index is 1.69. The van der Waals surface area contributed by atoms with Crippen LogP contribution in [0.25, 0.3) is 0 Å². The zero-order valence-electron chi connectivity index (χ0n) is 14.0. The molecule has 24 heavy (non-hydrogen) atoms. The Labute approximate surface area is 141 Å². The Hall–Kier alpha value is -2.11. The van der Waals surface area contributed by atoms with Crippen LogP contribution in [0.3, 0.4) is 0 Å². The van der Waals surface area contributed by atoms with E-state index in [1.165, 1.54) is 4.90 Å². The van der Waals surface area contributed by atoms with Gasteiger partial charge in [0.25, 0.3) is 0 Å². The lowest BCUT2D eigenvalue weighted by Gasteiger charge is -2.32. The Morgan fingerprint density at radius 1 is 1.21 bits per heavy atom. The summed E-state index contributed by atoms with van der Waals surface area (Å²) < 4.78 is 13.9. The summed E-state index contributed by atoms with van der Waals surface area (Å²) in [7, 11) is 0. The number of benzene rings is 1. The molecular formula is C18H24FN3O2. The number of alkyl halides is 1. The number of halogens is 1. The maximum atomic E-state index is 13.9. The fourth-order valence-corrected chi connectivity index (χ4v) is 3.49. The van der Waals surface area contributed by atoms with E-state index in [1.807, 2.05) is 25.1 Å². The number of aryl methyl sites for hydroxylation is 1. The normalized spacial score (nSPS) is 24.1. The van der Waals surface area contributed by atoms with Gasteiger partial charge in [-0.15, -0.1) is 0 Å². The van der Waals surface area contributed by atoms with Crippen LogP contribution >= 0.6 is 0 Å². The largest absolute Gasteiger partial charge is 0.341 e. The fourth-order valence-electron chi connectivity index (χ4n) is 3.49. The minimum absolute atomic E-state index is 0.0259. The van der Waals surface area contributed by atoms with Gasteiger partial charge in [0, 0.05) is 25.2 Å². The summed E-state index contributed by atoms with van der Waals surface area (Å²) in [6, 6.07) is 6.33. The quantitative estimate of drug-likeness (QED) is 0.905. The second-order valence-electron chi connectivity index (χ2n) is 6.69. The summed E-state index contributed by atoms with van der Waals surface area (Å²) in [4.78, 5) is 28.4. The van der Waals surface area contributed by atoms with Crippen molar-refractivity contribution in [3.05, 3.63) is 29.8 Å². The molecule has 1 aromatic carbocycles. The minimum atomic E-state index is -1.15. The molecule has 0 aliphatic carbocycles. The molecule has 1 N–H and O–H groups in total. The number of anilines is 1. The number of nitrogens with one attached hydrogen (secondary N) is 1. The predicted octanol–water partition coefficient (Wildman–Crippen LogP) is 2.95. The van der Waals surface area contributed by atoms with Gasteiger partial charge in [-0.25, -0.2) is 9.18 Å². The summed E-state index contributed by atoms with van der Waals surface area (Å²) >= 11 is 0. The van der Waals surface area contributed by atoms with Crippen molar-refractivity contribution in [1.82, 2.24) is 9.80 Å². The molecule has 130 valence electrons. The summed E-state index contributed by atoms with van der Waals surface area (Å²) in [5, 5.41) is 2.78. The molecule has 0 saturated carbocycles. The number of urea groups is 1. The molecule has 2 saturated heterocycles. The highest BCUT2D eigenvalue weighted by Crippen LogP contribution is 2.25. The average Bonchev–Trinajstić information content (AvgIpc) is 2.97. The van der Waals surface area contributed by atoms with Crippen LogP contribution in [0.15, 0.2) is 24.3 Å². The molecule has 2 heterocycles. The van der Waals surface area contributed by atoms with Crippen LogP contribution in [0.1, 0.15) is 31.2 Å². The summed E-state index contributed by atoms with van der Waals surface area (Å²) in [5.41, 5.74) is 1.69. The van der Waals surface area contributed by atoms with Crippen LogP contribution < -0.4 is 5.32 Å². The molecule has 2 atom stereocenters. The number of hydrogen-bond acceptors (Lipinski definition) is 2. The zero-order valence-corrected chi connectivity index (χ0v) is 14.0. The van der Waals surface area contributed by atoms with E-state index in [0.717, 1.165) is 24.8 Å². The molecule has 0 aromatic heterocycles. The van der Waals surface area contributed by atoms with Gasteiger partial charge < -0.3 is 15.1 Å². The van der Waals surface area contributed by atoms with Crippen LogP contribution in [0.2, 0.25) is 0 Å². The first-order chi connectivity index (χ1) is 11.5. The number of carbonyl (C=O) groups excluding carboxylic acids is 2. The Kier molecular flexibility index (Phi) is 5.02. The number of nitrogens with zero attached hydrogens (tertiary/aromatic N) is 2. The second kappa shape index (κ2) is 7.20. The summed E-state index contributed by atoms with van der Waals surface area (Å²) in [6.07, 6.45) is 2.03. The van der Waals surface area contributed by atoms with Crippen molar-refractivity contribution in [3.8, 4) is 0 Å². The SMILES string of the molecule is Cc1cccc(NC(=O)N2C[C@@H](F)C[C@H]2C(=O)N2CCCCC2)c1. The van der Waals surface area contributed by atoms with Crippen LogP contribution in [-0.4, -0.2) is 53.6 Å². The molecule has 6 heteroatoms. The molecular weight excluding hydrogens is 309 g/mol. The topological polar surface area (TPSA) is 52.7 Å². The monoisotopic (exact) mass is 333 g/mol. The average molecular weight is 333 g/mol. The first-order valence-corrected chi connectivity index (χ1v) is 8.62. The third kappa shape index (κ3) is 3.68. The molecule has 0 unspecified atom stereocenters. The molecule has 3 amide bonds. The van der Waals surface area contributed by atoms with Gasteiger partial charge in [0.1, 0.15) is 12.2 Å². The van der Waals surface area contributed by atoms with Crippen molar-refractivity contribution in [2.45, 2.75) is 44.8 Å². The molecule has 0 spiro atoms. The molecule has 2 aliphatic rings. The van der Waals surface area contributed by atoms with E-state index in [1.54, 1.807) is 11.0 Å². The van der Waals surface area contributed by atoms with Crippen LogP contribution in [0.4, 0.5) is 14.9 Å². The smallest absolute Gasteiger partial charge is 0.322 e. The van der Waals surface area contributed by atoms with Crippen molar-refractivity contribution in [2.24, 2.45) is 0 Å². The highest BCUT2D eigenvalue weighted by Gasteiger charge is 2.41. The summed E-state index contributed by atoms with van der Waals surface area (Å²) in [5.74, 6) is -0.116. The lowest BCUT2D eigenvalue weighted by Crippen LogP contribution is -2.50. The third-order valence-electron chi connectivity index (χ3n) is 4.73. The van der Waals surface area contributed by atoms with E-state index >= 15 is 0 Å². The standard InChI is InChI=1S/C18H24FN3O2/c1-13-6-5-7-15(10-13)20-18(24)22-12-14(19)11-16(22)17(23)21-8-3-2-4-9-21/h5-7,10,14,16H,2-4,8-9,11-12H2,1H3,(H,20,24)/t14-,16-/m0/s1. The maximum absolute atomic E-state index is 13.9. The number of piperidine rings is 1. The number of likely N-dealkylation sites (tertiary alicyclic amines) is 2. The van der Waals surface area contributed by atoms with E-state index in [2.05, 4.69) is 5.32 Å². The van der Waals surface area contributed by atoms with Gasteiger partial charge in [-0.05, 0) is 43.9 Å². The Morgan fingerprint density at radius 3 is 2.67 bits per heavy atom. The van der Waals surface area contributed by atoms with Crippen LogP contribution in [-0.2, 0) is 4.79 Å². The molecule has 3 rings (SSSR count). The first-order valence-electron chi connectivity index (χ1n) is 8.62. The number of amides is 3. The lowest BCUT2D eigenvalue weighted by atomic mass is 10.1. The van der Waals surface area contributed by atoms with Crippen molar-refractivity contribution in [3.63, 3.8) is 0 Å². The van der Waals surface area contributed by atoms with Crippen molar-refractivity contribution in [1.29, 1.82) is 0 Å². The van der Waals surface area contributed by atoms with Gasteiger partial charge >= 0.3 is 6.03 Å². The molecule has 5 nitrogen and oxygen atoms in total. The molecule has 2 fully saturated rings. The molecule has 1 aromatic rings.